The highest BCUT2D eigenvalue weighted by Gasteiger charge is 2.61. The number of benzene rings is 3. The van der Waals surface area contributed by atoms with Gasteiger partial charge in [0.1, 0.15) is 0 Å². The van der Waals surface area contributed by atoms with E-state index >= 15 is 0 Å². The maximum Gasteiger partial charge on any atom is 0.270 e. The Hall–Kier alpha value is -3.84. The van der Waals surface area contributed by atoms with E-state index in [1.54, 1.807) is 0 Å². The number of carbonyl (C=O) groups is 2. The molecule has 4 aliphatic rings. The molecule has 2 atom stereocenters. The van der Waals surface area contributed by atoms with Crippen molar-refractivity contribution in [3.05, 3.63) is 110 Å². The van der Waals surface area contributed by atoms with E-state index in [4.69, 9.17) is 11.6 Å². The second-order valence-electron chi connectivity index (χ2n) is 8.46. The van der Waals surface area contributed by atoms with Crippen LogP contribution in [0.3, 0.4) is 0 Å². The molecule has 33 heavy (non-hydrogen) atoms. The Morgan fingerprint density at radius 2 is 1.33 bits per heavy atom. The third-order valence-electron chi connectivity index (χ3n) is 6.93. The Balaban J connectivity index is 1.43. The lowest BCUT2D eigenvalue weighted by atomic mass is 9.55. The fourth-order valence-electron chi connectivity index (χ4n) is 5.64. The van der Waals surface area contributed by atoms with E-state index < -0.39 is 16.8 Å². The molecule has 0 spiro atoms. The maximum atomic E-state index is 13.5. The summed E-state index contributed by atoms with van der Waals surface area (Å²) in [5.74, 6) is -2.23. The van der Waals surface area contributed by atoms with Crippen molar-refractivity contribution >= 4 is 35.3 Å². The Labute approximate surface area is 193 Å². The average Bonchev–Trinajstić information content (AvgIpc) is 3.08. The topological polar surface area (TPSA) is 92.9 Å². The number of rotatable bonds is 3. The molecule has 0 N–H and O–H groups in total. The van der Waals surface area contributed by atoms with Gasteiger partial charge in [-0.2, -0.15) is 10.1 Å². The molecule has 2 bridgehead atoms. The van der Waals surface area contributed by atoms with Gasteiger partial charge < -0.3 is 0 Å². The van der Waals surface area contributed by atoms with Crippen molar-refractivity contribution in [1.29, 1.82) is 0 Å². The van der Waals surface area contributed by atoms with Crippen LogP contribution in [0, 0.1) is 22.0 Å². The standard InChI is InChI=1S/C25H16ClN3O4/c26-19-10-9-14(29(32)33)11-13(19)12-27-28-24(30)22-20-15-5-1-2-6-16(15)21(23(22)25(28)31)18-8-4-3-7-17(18)20/h1-12,20-23H/b27-12-/t20?,21?,22-,23-/m1/s1. The molecule has 1 saturated heterocycles. The van der Waals surface area contributed by atoms with Crippen LogP contribution in [0.2, 0.25) is 5.02 Å². The smallest absolute Gasteiger partial charge is 0.270 e. The van der Waals surface area contributed by atoms with Gasteiger partial charge in [-0.05, 0) is 28.3 Å². The lowest BCUT2D eigenvalue weighted by Crippen LogP contribution is -2.41. The zero-order valence-electron chi connectivity index (χ0n) is 17.1. The second kappa shape index (κ2) is 7.08. The van der Waals surface area contributed by atoms with E-state index in [0.717, 1.165) is 27.3 Å². The molecule has 7 nitrogen and oxygen atoms in total. The van der Waals surface area contributed by atoms with E-state index in [0.29, 0.717) is 0 Å². The van der Waals surface area contributed by atoms with Crippen LogP contribution in [0.15, 0.2) is 71.8 Å². The molecule has 0 saturated carbocycles. The van der Waals surface area contributed by atoms with Crippen LogP contribution in [0.25, 0.3) is 0 Å². The molecule has 0 unspecified atom stereocenters. The number of imide groups is 1. The summed E-state index contributed by atoms with van der Waals surface area (Å²) in [6.07, 6.45) is 1.24. The van der Waals surface area contributed by atoms with Gasteiger partial charge >= 0.3 is 0 Å². The molecule has 162 valence electrons. The van der Waals surface area contributed by atoms with E-state index in [9.17, 15) is 19.7 Å². The molecule has 3 aromatic carbocycles. The average molecular weight is 458 g/mol. The van der Waals surface area contributed by atoms with Crippen molar-refractivity contribution in [3.8, 4) is 0 Å². The summed E-state index contributed by atoms with van der Waals surface area (Å²) in [7, 11) is 0. The van der Waals surface area contributed by atoms with E-state index in [2.05, 4.69) is 5.10 Å². The van der Waals surface area contributed by atoms with Gasteiger partial charge in [-0.1, -0.05) is 60.1 Å². The van der Waals surface area contributed by atoms with Gasteiger partial charge in [0.25, 0.3) is 17.5 Å². The number of nitro benzene ring substituents is 1. The molecule has 3 aromatic rings. The second-order valence-corrected chi connectivity index (χ2v) is 8.87. The summed E-state index contributed by atoms with van der Waals surface area (Å²) in [6, 6.07) is 19.9. The van der Waals surface area contributed by atoms with Crippen molar-refractivity contribution in [2.75, 3.05) is 0 Å². The number of hydrazone groups is 1. The summed E-state index contributed by atoms with van der Waals surface area (Å²) < 4.78 is 0. The monoisotopic (exact) mass is 457 g/mol. The van der Waals surface area contributed by atoms with Gasteiger partial charge in [-0.15, -0.1) is 0 Å². The molecule has 1 fully saturated rings. The normalized spacial score (nSPS) is 24.7. The predicted molar refractivity (Wildman–Crippen MR) is 121 cm³/mol. The lowest BCUT2D eigenvalue weighted by molar-refractivity contribution is -0.384. The van der Waals surface area contributed by atoms with Crippen LogP contribution in [0.1, 0.15) is 39.7 Å². The van der Waals surface area contributed by atoms with Crippen LogP contribution in [0.4, 0.5) is 5.69 Å². The Morgan fingerprint density at radius 1 is 0.848 bits per heavy atom. The highest BCUT2D eigenvalue weighted by atomic mass is 35.5. The summed E-state index contributed by atoms with van der Waals surface area (Å²) in [5, 5.41) is 16.4. The minimum absolute atomic E-state index is 0.155. The Kier molecular flexibility index (Phi) is 4.25. The molecule has 8 heteroatoms. The summed E-state index contributed by atoms with van der Waals surface area (Å²) in [6.45, 7) is 0. The number of hydrogen-bond donors (Lipinski definition) is 0. The van der Waals surface area contributed by atoms with Gasteiger partial charge in [0.05, 0.1) is 23.0 Å². The van der Waals surface area contributed by atoms with E-state index in [-0.39, 0.29) is 39.9 Å². The SMILES string of the molecule is O=C1[C@@H]2C3c4ccccc4C(c4ccccc43)[C@H]2C(=O)N1/N=C\c1cc([N+](=O)[O-])ccc1Cl. The third kappa shape index (κ3) is 2.72. The summed E-state index contributed by atoms with van der Waals surface area (Å²) in [4.78, 5) is 37.5. The highest BCUT2D eigenvalue weighted by Crippen LogP contribution is 2.60. The van der Waals surface area contributed by atoms with Crippen LogP contribution in [-0.2, 0) is 9.59 Å². The van der Waals surface area contributed by atoms with E-state index in [1.807, 2.05) is 48.5 Å². The number of nitro groups is 1. The zero-order valence-corrected chi connectivity index (χ0v) is 17.8. The Bertz CT molecular complexity index is 1290. The first-order valence-corrected chi connectivity index (χ1v) is 10.9. The number of hydrogen-bond acceptors (Lipinski definition) is 5. The van der Waals surface area contributed by atoms with Crippen molar-refractivity contribution in [2.45, 2.75) is 11.8 Å². The van der Waals surface area contributed by atoms with Crippen LogP contribution >= 0.6 is 11.6 Å². The van der Waals surface area contributed by atoms with Gasteiger partial charge in [-0.3, -0.25) is 19.7 Å². The van der Waals surface area contributed by atoms with Gasteiger partial charge in [0, 0.05) is 34.6 Å². The van der Waals surface area contributed by atoms with Crippen LogP contribution in [-0.4, -0.2) is 28.0 Å². The maximum absolute atomic E-state index is 13.5. The molecule has 0 radical (unpaired) electrons. The van der Waals surface area contributed by atoms with Crippen molar-refractivity contribution in [1.82, 2.24) is 5.01 Å². The van der Waals surface area contributed by atoms with E-state index in [1.165, 1.54) is 24.4 Å². The van der Waals surface area contributed by atoms with Crippen LogP contribution < -0.4 is 0 Å². The number of amides is 2. The third-order valence-corrected chi connectivity index (χ3v) is 7.27. The number of nitrogens with zero attached hydrogens (tertiary/aromatic N) is 3. The van der Waals surface area contributed by atoms with Crippen molar-refractivity contribution in [2.24, 2.45) is 16.9 Å². The molecule has 2 amide bonds. The molecule has 1 heterocycles. The van der Waals surface area contributed by atoms with Gasteiger partial charge in [0.15, 0.2) is 0 Å². The van der Waals surface area contributed by atoms with Gasteiger partial charge in [-0.25, -0.2) is 0 Å². The first kappa shape index (κ1) is 19.8. The summed E-state index contributed by atoms with van der Waals surface area (Å²) >= 11 is 6.16. The van der Waals surface area contributed by atoms with Crippen molar-refractivity contribution in [3.63, 3.8) is 0 Å². The van der Waals surface area contributed by atoms with Gasteiger partial charge in [0.2, 0.25) is 0 Å². The number of non-ortho nitro benzene ring substituents is 1. The largest absolute Gasteiger partial charge is 0.272 e. The minimum atomic E-state index is -0.541. The Morgan fingerprint density at radius 3 is 1.79 bits per heavy atom. The molecule has 1 aliphatic heterocycles. The van der Waals surface area contributed by atoms with Crippen LogP contribution in [0.5, 0.6) is 0 Å². The fraction of sp³-hybridized carbons (Fsp3) is 0.160. The summed E-state index contributed by atoms with van der Waals surface area (Å²) in [5.41, 5.74) is 4.42. The first-order valence-electron chi connectivity index (χ1n) is 10.5. The molecular formula is C25H16ClN3O4. The molecule has 7 rings (SSSR count). The quantitative estimate of drug-likeness (QED) is 0.251. The molecular weight excluding hydrogens is 442 g/mol. The zero-order chi connectivity index (χ0) is 22.9. The first-order chi connectivity index (χ1) is 16.0. The molecule has 3 aliphatic carbocycles. The molecule has 0 aromatic heterocycles. The number of halogens is 1. The fourth-order valence-corrected chi connectivity index (χ4v) is 5.81. The lowest BCUT2D eigenvalue weighted by Gasteiger charge is -2.45. The highest BCUT2D eigenvalue weighted by molar-refractivity contribution is 6.33. The number of carbonyl (C=O) groups excluding carboxylic acids is 2. The predicted octanol–water partition coefficient (Wildman–Crippen LogP) is 4.47. The van der Waals surface area contributed by atoms with Crippen molar-refractivity contribution < 1.29 is 14.5 Å². The minimum Gasteiger partial charge on any atom is -0.272 e.